The zero-order valence-corrected chi connectivity index (χ0v) is 8.33. The van der Waals surface area contributed by atoms with Gasteiger partial charge in [0.1, 0.15) is 5.92 Å². The number of nitrogens with zero attached hydrogens (tertiary/aromatic N) is 1. The van der Waals surface area contributed by atoms with Crippen molar-refractivity contribution < 1.29 is 9.59 Å². The second-order valence-electron chi connectivity index (χ2n) is 4.40. The Morgan fingerprint density at radius 3 is 2.31 bits per heavy atom. The molecule has 2 N–H and O–H groups in total. The molecule has 0 aliphatic carbocycles. The smallest absolute Gasteiger partial charge is 0.235 e. The van der Waals surface area contributed by atoms with E-state index in [1.165, 1.54) is 0 Å². The van der Waals surface area contributed by atoms with Crippen LogP contribution in [0.5, 0.6) is 0 Å². The third-order valence-electron chi connectivity index (χ3n) is 2.36. The maximum atomic E-state index is 11.6. The molecule has 1 aliphatic rings. The first-order valence-electron chi connectivity index (χ1n) is 4.45. The first-order chi connectivity index (χ1) is 5.84. The van der Waals surface area contributed by atoms with Crippen molar-refractivity contribution in [2.24, 2.45) is 11.7 Å². The molecule has 0 aromatic carbocycles. The fraction of sp³-hybridized carbons (Fsp3) is 0.778. The molecule has 1 atom stereocenters. The molecule has 4 heteroatoms. The molecule has 1 aliphatic heterocycles. The maximum Gasteiger partial charge on any atom is 0.235 e. The molecule has 1 heterocycles. The van der Waals surface area contributed by atoms with E-state index >= 15 is 0 Å². The Labute approximate surface area is 78.1 Å². The summed E-state index contributed by atoms with van der Waals surface area (Å²) in [4.78, 5) is 24.2. The number of hydrogen-bond acceptors (Lipinski definition) is 2. The highest BCUT2D eigenvalue weighted by molar-refractivity contribution is 6.01. The number of likely N-dealkylation sites (tertiary alicyclic amines) is 1. The molecular weight excluding hydrogens is 168 g/mol. The molecular formula is C9H16N2O2. The van der Waals surface area contributed by atoms with Gasteiger partial charge in [0.05, 0.1) is 0 Å². The molecule has 2 amide bonds. The highest BCUT2D eigenvalue weighted by atomic mass is 16.2. The van der Waals surface area contributed by atoms with E-state index in [4.69, 9.17) is 5.73 Å². The lowest BCUT2D eigenvalue weighted by Gasteiger charge is -2.31. The summed E-state index contributed by atoms with van der Waals surface area (Å²) >= 11 is 0. The van der Waals surface area contributed by atoms with E-state index in [-0.39, 0.29) is 11.4 Å². The van der Waals surface area contributed by atoms with E-state index < -0.39 is 11.8 Å². The molecule has 4 nitrogen and oxygen atoms in total. The molecule has 1 unspecified atom stereocenters. The van der Waals surface area contributed by atoms with Crippen LogP contribution >= 0.6 is 0 Å². The van der Waals surface area contributed by atoms with Crippen LogP contribution in [0.2, 0.25) is 0 Å². The molecule has 74 valence electrons. The van der Waals surface area contributed by atoms with Crippen molar-refractivity contribution in [1.29, 1.82) is 0 Å². The number of carbonyl (C=O) groups excluding carboxylic acids is 2. The highest BCUT2D eigenvalue weighted by Gasteiger charge is 2.40. The largest absolute Gasteiger partial charge is 0.369 e. The van der Waals surface area contributed by atoms with Gasteiger partial charge in [-0.25, -0.2) is 0 Å². The van der Waals surface area contributed by atoms with Gasteiger partial charge >= 0.3 is 0 Å². The van der Waals surface area contributed by atoms with Crippen LogP contribution < -0.4 is 5.73 Å². The van der Waals surface area contributed by atoms with Gasteiger partial charge in [-0.05, 0) is 27.2 Å². The van der Waals surface area contributed by atoms with Crippen LogP contribution in [0.4, 0.5) is 0 Å². The fourth-order valence-corrected chi connectivity index (χ4v) is 1.61. The quantitative estimate of drug-likeness (QED) is 0.588. The van der Waals surface area contributed by atoms with Gasteiger partial charge in [0.25, 0.3) is 0 Å². The first-order valence-corrected chi connectivity index (χ1v) is 4.45. The summed E-state index contributed by atoms with van der Waals surface area (Å²) in [6.45, 7) is 6.49. The summed E-state index contributed by atoms with van der Waals surface area (Å²) in [5, 5.41) is 0. The zero-order chi connectivity index (χ0) is 10.2. The van der Waals surface area contributed by atoms with Crippen molar-refractivity contribution in [1.82, 2.24) is 4.90 Å². The Morgan fingerprint density at radius 2 is 2.08 bits per heavy atom. The Kier molecular flexibility index (Phi) is 2.32. The SMILES string of the molecule is CC(C)(C)N1CCC(C(N)=O)C1=O. The third-order valence-corrected chi connectivity index (χ3v) is 2.36. The maximum absolute atomic E-state index is 11.6. The van der Waals surface area contributed by atoms with E-state index in [1.54, 1.807) is 4.90 Å². The van der Waals surface area contributed by atoms with Crippen LogP contribution in [0, 0.1) is 5.92 Å². The van der Waals surface area contributed by atoms with Gasteiger partial charge in [-0.1, -0.05) is 0 Å². The number of rotatable bonds is 1. The summed E-state index contributed by atoms with van der Waals surface area (Å²) in [6, 6.07) is 0. The number of amides is 2. The van der Waals surface area contributed by atoms with Crippen molar-refractivity contribution in [3.63, 3.8) is 0 Å². The fourth-order valence-electron chi connectivity index (χ4n) is 1.61. The highest BCUT2D eigenvalue weighted by Crippen LogP contribution is 2.25. The Morgan fingerprint density at radius 1 is 1.54 bits per heavy atom. The lowest BCUT2D eigenvalue weighted by Crippen LogP contribution is -2.44. The van der Waals surface area contributed by atoms with Gasteiger partial charge in [0.2, 0.25) is 11.8 Å². The van der Waals surface area contributed by atoms with E-state index in [9.17, 15) is 9.59 Å². The molecule has 0 bridgehead atoms. The number of carbonyl (C=O) groups is 2. The molecule has 1 rings (SSSR count). The normalized spacial score (nSPS) is 23.8. The van der Waals surface area contributed by atoms with Gasteiger partial charge in [-0.15, -0.1) is 0 Å². The van der Waals surface area contributed by atoms with E-state index in [0.717, 1.165) is 0 Å². The van der Waals surface area contributed by atoms with Crippen LogP contribution in [-0.4, -0.2) is 28.8 Å². The lowest BCUT2D eigenvalue weighted by molar-refractivity contribution is -0.139. The third kappa shape index (κ3) is 1.82. The average molecular weight is 184 g/mol. The minimum Gasteiger partial charge on any atom is -0.369 e. The van der Waals surface area contributed by atoms with E-state index in [1.807, 2.05) is 20.8 Å². The molecule has 13 heavy (non-hydrogen) atoms. The second-order valence-corrected chi connectivity index (χ2v) is 4.40. The summed E-state index contributed by atoms with van der Waals surface area (Å²) in [7, 11) is 0. The van der Waals surface area contributed by atoms with Crippen molar-refractivity contribution in [2.75, 3.05) is 6.54 Å². The second kappa shape index (κ2) is 3.01. The summed E-state index contributed by atoms with van der Waals surface area (Å²) in [5.41, 5.74) is 4.90. The Balaban J connectivity index is 2.77. The summed E-state index contributed by atoms with van der Waals surface area (Å²) < 4.78 is 0. The first kappa shape index (κ1) is 10.0. The summed E-state index contributed by atoms with van der Waals surface area (Å²) in [5.74, 6) is -1.23. The molecule has 1 fully saturated rings. The molecule has 0 aromatic rings. The van der Waals surface area contributed by atoms with Crippen LogP contribution in [0.3, 0.4) is 0 Å². The van der Waals surface area contributed by atoms with Crippen LogP contribution in [0.15, 0.2) is 0 Å². The van der Waals surface area contributed by atoms with E-state index in [0.29, 0.717) is 13.0 Å². The predicted molar refractivity (Wildman–Crippen MR) is 48.8 cm³/mol. The van der Waals surface area contributed by atoms with Gasteiger partial charge in [0, 0.05) is 12.1 Å². The minimum absolute atomic E-state index is 0.125. The van der Waals surface area contributed by atoms with Gasteiger partial charge in [-0.2, -0.15) is 0 Å². The van der Waals surface area contributed by atoms with Crippen molar-refractivity contribution in [3.05, 3.63) is 0 Å². The van der Waals surface area contributed by atoms with Gasteiger partial charge in [0.15, 0.2) is 0 Å². The number of hydrogen-bond donors (Lipinski definition) is 1. The molecule has 0 spiro atoms. The van der Waals surface area contributed by atoms with Gasteiger partial charge < -0.3 is 10.6 Å². The zero-order valence-electron chi connectivity index (χ0n) is 8.33. The Hall–Kier alpha value is -1.06. The molecule has 0 radical (unpaired) electrons. The van der Waals surface area contributed by atoms with Crippen molar-refractivity contribution in [2.45, 2.75) is 32.7 Å². The van der Waals surface area contributed by atoms with Crippen molar-refractivity contribution >= 4 is 11.8 Å². The number of primary amides is 1. The van der Waals surface area contributed by atoms with Crippen LogP contribution in [0.25, 0.3) is 0 Å². The average Bonchev–Trinajstić information content (AvgIpc) is 2.28. The van der Waals surface area contributed by atoms with Crippen LogP contribution in [0.1, 0.15) is 27.2 Å². The Bertz CT molecular complexity index is 242. The number of nitrogens with two attached hydrogens (primary N) is 1. The van der Waals surface area contributed by atoms with Gasteiger partial charge in [-0.3, -0.25) is 9.59 Å². The summed E-state index contributed by atoms with van der Waals surface area (Å²) in [6.07, 6.45) is 0.561. The van der Waals surface area contributed by atoms with Crippen LogP contribution in [-0.2, 0) is 9.59 Å². The monoisotopic (exact) mass is 184 g/mol. The predicted octanol–water partition coefficient (Wildman–Crippen LogP) is 0.119. The van der Waals surface area contributed by atoms with E-state index in [2.05, 4.69) is 0 Å². The lowest BCUT2D eigenvalue weighted by atomic mass is 10.1. The molecule has 0 aromatic heterocycles. The standard InChI is InChI=1S/C9H16N2O2/c1-9(2,3)11-5-4-6(7(10)12)8(11)13/h6H,4-5H2,1-3H3,(H2,10,12). The topological polar surface area (TPSA) is 63.4 Å². The molecule has 0 saturated carbocycles. The molecule has 1 saturated heterocycles. The van der Waals surface area contributed by atoms with Crippen molar-refractivity contribution in [3.8, 4) is 0 Å². The minimum atomic E-state index is -0.598.